The van der Waals surface area contributed by atoms with Crippen molar-refractivity contribution in [1.29, 1.82) is 0 Å². The molecule has 1 aromatic rings. The van der Waals surface area contributed by atoms with Crippen molar-refractivity contribution < 1.29 is 13.2 Å². The average Bonchev–Trinajstić information content (AvgIpc) is 2.46. The molecule has 0 bridgehead atoms. The van der Waals surface area contributed by atoms with Gasteiger partial charge in [-0.2, -0.15) is 13.2 Å². The van der Waals surface area contributed by atoms with E-state index in [1.165, 1.54) is 0 Å². The molecule has 1 saturated heterocycles. The Hall–Kier alpha value is -1.23. The Bertz CT molecular complexity index is 494. The molecule has 0 radical (unpaired) electrons. The van der Waals surface area contributed by atoms with Crippen molar-refractivity contribution in [2.75, 3.05) is 24.5 Å². The van der Waals surface area contributed by atoms with Crippen LogP contribution in [0.5, 0.6) is 0 Å². The Morgan fingerprint density at radius 2 is 1.95 bits per heavy atom. The zero-order valence-corrected chi connectivity index (χ0v) is 12.4. The number of alkyl halides is 3. The summed E-state index contributed by atoms with van der Waals surface area (Å²) in [5.74, 6) is -1.18. The van der Waals surface area contributed by atoms with Crippen LogP contribution in [0.3, 0.4) is 0 Å². The van der Waals surface area contributed by atoms with E-state index in [1.54, 1.807) is 6.07 Å². The molecule has 1 aromatic carbocycles. The third-order valence-electron chi connectivity index (χ3n) is 3.89. The summed E-state index contributed by atoms with van der Waals surface area (Å²) >= 11 is 6.12. The van der Waals surface area contributed by atoms with Crippen LogP contribution in [0.2, 0.25) is 5.02 Å². The van der Waals surface area contributed by atoms with Gasteiger partial charge in [0, 0.05) is 30.3 Å². The molecule has 6 heteroatoms. The average molecular weight is 319 g/mol. The van der Waals surface area contributed by atoms with E-state index < -0.39 is 12.1 Å². The van der Waals surface area contributed by atoms with Gasteiger partial charge in [0.2, 0.25) is 0 Å². The van der Waals surface area contributed by atoms with Gasteiger partial charge in [-0.25, -0.2) is 0 Å². The van der Waals surface area contributed by atoms with Crippen LogP contribution >= 0.6 is 11.6 Å². The first kappa shape index (κ1) is 16.1. The minimum atomic E-state index is -4.08. The number of anilines is 1. The highest BCUT2D eigenvalue weighted by Gasteiger charge is 2.41. The van der Waals surface area contributed by atoms with E-state index in [2.05, 4.69) is 11.7 Å². The van der Waals surface area contributed by atoms with Gasteiger partial charge in [-0.05, 0) is 49.7 Å². The van der Waals surface area contributed by atoms with Gasteiger partial charge in [-0.3, -0.25) is 0 Å². The summed E-state index contributed by atoms with van der Waals surface area (Å²) in [6.45, 7) is 4.86. The zero-order chi connectivity index (χ0) is 15.5. The number of rotatable bonds is 4. The van der Waals surface area contributed by atoms with E-state index in [-0.39, 0.29) is 12.8 Å². The summed E-state index contributed by atoms with van der Waals surface area (Å²) in [4.78, 5) is 5.79. The second-order valence-corrected chi connectivity index (χ2v) is 5.68. The lowest BCUT2D eigenvalue weighted by molar-refractivity contribution is -0.179. The number of hydrogen-bond acceptors (Lipinski definition) is 2. The van der Waals surface area contributed by atoms with Gasteiger partial charge in [0.1, 0.15) is 0 Å². The number of halogens is 4. The molecule has 116 valence electrons. The normalized spacial score (nSPS) is 17.0. The molecule has 0 aliphatic carbocycles. The summed E-state index contributed by atoms with van der Waals surface area (Å²) in [7, 11) is 0. The Morgan fingerprint density at radius 3 is 2.52 bits per heavy atom. The number of nitrogens with zero attached hydrogens (tertiary/aromatic N) is 2. The molecule has 21 heavy (non-hydrogen) atoms. The monoisotopic (exact) mass is 318 g/mol. The van der Waals surface area contributed by atoms with Crippen LogP contribution in [0.4, 0.5) is 18.9 Å². The molecule has 0 unspecified atom stereocenters. The predicted molar refractivity (Wildman–Crippen MR) is 80.6 cm³/mol. The molecule has 0 amide bonds. The van der Waals surface area contributed by atoms with Gasteiger partial charge in [0.15, 0.2) is 0 Å². The Labute approximate surface area is 127 Å². The summed E-state index contributed by atoms with van der Waals surface area (Å²) in [5, 5.41) is 0.660. The van der Waals surface area contributed by atoms with Crippen LogP contribution in [0.15, 0.2) is 23.2 Å². The lowest BCUT2D eigenvalue weighted by Crippen LogP contribution is -2.39. The zero-order valence-electron chi connectivity index (χ0n) is 11.7. The van der Waals surface area contributed by atoms with Crippen LogP contribution in [0, 0.1) is 5.92 Å². The molecule has 1 heterocycles. The van der Waals surface area contributed by atoms with Crippen molar-refractivity contribution in [3.63, 3.8) is 0 Å². The van der Waals surface area contributed by atoms with E-state index in [9.17, 15) is 13.2 Å². The standard InChI is InChI=1S/C15H18ClF3N2/c1-20-7-4-11-10-13(2-3-14(11)16)21-8-5-12(6-9-21)15(17,18)19/h2-3,10,12H,1,4-9H2. The maximum Gasteiger partial charge on any atom is 0.391 e. The van der Waals surface area contributed by atoms with Gasteiger partial charge in [0.25, 0.3) is 0 Å². The lowest BCUT2D eigenvalue weighted by atomic mass is 9.95. The van der Waals surface area contributed by atoms with Crippen LogP contribution in [-0.2, 0) is 6.42 Å². The molecule has 0 spiro atoms. The second-order valence-electron chi connectivity index (χ2n) is 5.28. The van der Waals surface area contributed by atoms with Crippen molar-refractivity contribution in [3.05, 3.63) is 28.8 Å². The van der Waals surface area contributed by atoms with E-state index in [1.807, 2.05) is 17.0 Å². The third-order valence-corrected chi connectivity index (χ3v) is 4.26. The number of aliphatic imine (C=N–C) groups is 1. The molecule has 2 nitrogen and oxygen atoms in total. The molecular weight excluding hydrogens is 301 g/mol. The molecule has 0 saturated carbocycles. The maximum atomic E-state index is 12.7. The largest absolute Gasteiger partial charge is 0.391 e. The SMILES string of the molecule is C=NCCc1cc(N2CCC(C(F)(F)F)CC2)ccc1Cl. The van der Waals surface area contributed by atoms with Crippen LogP contribution in [0.1, 0.15) is 18.4 Å². The fourth-order valence-electron chi connectivity index (χ4n) is 2.61. The molecule has 1 aliphatic rings. The second kappa shape index (κ2) is 6.69. The highest BCUT2D eigenvalue weighted by molar-refractivity contribution is 6.31. The first-order valence-electron chi connectivity index (χ1n) is 6.94. The molecule has 0 aromatic heterocycles. The lowest BCUT2D eigenvalue weighted by Gasteiger charge is -2.34. The highest BCUT2D eigenvalue weighted by Crippen LogP contribution is 2.35. The Kier molecular flexibility index (Phi) is 5.14. The van der Waals surface area contributed by atoms with E-state index >= 15 is 0 Å². The van der Waals surface area contributed by atoms with Crippen molar-refractivity contribution in [3.8, 4) is 0 Å². The summed E-state index contributed by atoms with van der Waals surface area (Å²) < 4.78 is 38.0. The van der Waals surface area contributed by atoms with E-state index in [0.717, 1.165) is 11.3 Å². The first-order valence-corrected chi connectivity index (χ1v) is 7.32. The van der Waals surface area contributed by atoms with Crippen molar-refractivity contribution in [2.24, 2.45) is 10.9 Å². The van der Waals surface area contributed by atoms with E-state index in [0.29, 0.717) is 31.1 Å². The molecular formula is C15H18ClF3N2. The Balaban J connectivity index is 2.05. The van der Waals surface area contributed by atoms with Crippen LogP contribution < -0.4 is 4.90 Å². The van der Waals surface area contributed by atoms with Gasteiger partial charge in [-0.1, -0.05) is 11.6 Å². The molecule has 0 N–H and O–H groups in total. The summed E-state index contributed by atoms with van der Waals surface area (Å²) in [5.41, 5.74) is 1.89. The summed E-state index contributed by atoms with van der Waals surface area (Å²) in [6.07, 6.45) is -3.09. The van der Waals surface area contributed by atoms with Gasteiger partial charge < -0.3 is 9.89 Å². The van der Waals surface area contributed by atoms with E-state index in [4.69, 9.17) is 11.6 Å². The highest BCUT2D eigenvalue weighted by atomic mass is 35.5. The quantitative estimate of drug-likeness (QED) is 0.753. The minimum Gasteiger partial charge on any atom is -0.371 e. The Morgan fingerprint density at radius 1 is 1.29 bits per heavy atom. The smallest absolute Gasteiger partial charge is 0.371 e. The van der Waals surface area contributed by atoms with Crippen LogP contribution in [-0.4, -0.2) is 32.5 Å². The fourth-order valence-corrected chi connectivity index (χ4v) is 2.83. The van der Waals surface area contributed by atoms with Crippen molar-refractivity contribution in [2.45, 2.75) is 25.4 Å². The molecule has 2 rings (SSSR count). The summed E-state index contributed by atoms with van der Waals surface area (Å²) in [6, 6.07) is 5.60. The molecule has 1 aliphatic heterocycles. The third kappa shape index (κ3) is 4.13. The van der Waals surface area contributed by atoms with Crippen LogP contribution in [0.25, 0.3) is 0 Å². The number of benzene rings is 1. The fraction of sp³-hybridized carbons (Fsp3) is 0.533. The topological polar surface area (TPSA) is 15.6 Å². The number of hydrogen-bond donors (Lipinski definition) is 0. The van der Waals surface area contributed by atoms with Gasteiger partial charge >= 0.3 is 6.18 Å². The van der Waals surface area contributed by atoms with Crippen molar-refractivity contribution in [1.82, 2.24) is 0 Å². The number of piperidine rings is 1. The van der Waals surface area contributed by atoms with Gasteiger partial charge in [-0.15, -0.1) is 0 Å². The molecule has 0 atom stereocenters. The minimum absolute atomic E-state index is 0.148. The maximum absolute atomic E-state index is 12.7. The predicted octanol–water partition coefficient (Wildman–Crippen LogP) is 4.36. The van der Waals surface area contributed by atoms with Gasteiger partial charge in [0.05, 0.1) is 5.92 Å². The van der Waals surface area contributed by atoms with Crippen molar-refractivity contribution >= 4 is 24.0 Å². The molecule has 1 fully saturated rings. The first-order chi connectivity index (χ1) is 9.91.